The van der Waals surface area contributed by atoms with E-state index in [0.717, 1.165) is 12.1 Å². The van der Waals surface area contributed by atoms with E-state index in [1.165, 1.54) is 12.1 Å². The van der Waals surface area contributed by atoms with Gasteiger partial charge in [0.1, 0.15) is 10.6 Å². The van der Waals surface area contributed by atoms with E-state index < -0.39 is 10.1 Å². The van der Waals surface area contributed by atoms with Crippen molar-refractivity contribution in [1.82, 2.24) is 0 Å². The molecule has 0 spiro atoms. The lowest BCUT2D eigenvalue weighted by Gasteiger charge is -2.16. The maximum Gasteiger partial charge on any atom is 0.339 e. The average molecular weight is 317 g/mol. The Morgan fingerprint density at radius 3 is 2.23 bits per heavy atom. The number of hydrogen-bond donors (Lipinski definition) is 0. The number of benzene rings is 2. The molecular formula is C16H15NO4S. The second kappa shape index (κ2) is 5.81. The van der Waals surface area contributed by atoms with Crippen molar-refractivity contribution in [3.63, 3.8) is 0 Å². The van der Waals surface area contributed by atoms with Gasteiger partial charge in [0, 0.05) is 18.7 Å². The molecule has 0 N–H and O–H groups in total. The molecule has 0 atom stereocenters. The minimum absolute atomic E-state index is 0.0885. The summed E-state index contributed by atoms with van der Waals surface area (Å²) in [6.07, 6.45) is 1.40. The van der Waals surface area contributed by atoms with Gasteiger partial charge in [0.05, 0.1) is 0 Å². The molecule has 0 unspecified atom stereocenters. The van der Waals surface area contributed by atoms with Crippen LogP contribution in [0.2, 0.25) is 0 Å². The fourth-order valence-corrected chi connectivity index (χ4v) is 3.32. The summed E-state index contributed by atoms with van der Waals surface area (Å²) in [6, 6.07) is 14.5. The van der Waals surface area contributed by atoms with Gasteiger partial charge in [-0.2, -0.15) is 8.42 Å². The summed E-state index contributed by atoms with van der Waals surface area (Å²) in [5.41, 5.74) is 0.756. The SMILES string of the molecule is O=C1CCCN1c1ccc(OS(=O)(=O)c2ccccc2)cc1. The van der Waals surface area contributed by atoms with Crippen molar-refractivity contribution in [3.05, 3.63) is 54.6 Å². The monoisotopic (exact) mass is 317 g/mol. The van der Waals surface area contributed by atoms with Crippen molar-refractivity contribution in [2.75, 3.05) is 11.4 Å². The Morgan fingerprint density at radius 2 is 1.64 bits per heavy atom. The first-order valence-electron chi connectivity index (χ1n) is 6.96. The molecule has 1 amide bonds. The molecule has 0 aromatic heterocycles. The Bertz CT molecular complexity index is 770. The Labute approximate surface area is 129 Å². The molecule has 0 aliphatic carbocycles. The molecule has 0 bridgehead atoms. The first-order chi connectivity index (χ1) is 10.6. The lowest BCUT2D eigenvalue weighted by atomic mass is 10.3. The summed E-state index contributed by atoms with van der Waals surface area (Å²) < 4.78 is 29.3. The van der Waals surface area contributed by atoms with Crippen LogP contribution in [-0.2, 0) is 14.9 Å². The maximum atomic E-state index is 12.1. The summed E-state index contributed by atoms with van der Waals surface area (Å²) in [7, 11) is -3.84. The van der Waals surface area contributed by atoms with Crippen molar-refractivity contribution in [2.24, 2.45) is 0 Å². The van der Waals surface area contributed by atoms with Crippen LogP contribution in [0.1, 0.15) is 12.8 Å². The van der Waals surface area contributed by atoms with Gasteiger partial charge in [-0.3, -0.25) is 4.79 Å². The minimum atomic E-state index is -3.84. The van der Waals surface area contributed by atoms with Crippen LogP contribution in [0.15, 0.2) is 59.5 Å². The van der Waals surface area contributed by atoms with Gasteiger partial charge >= 0.3 is 10.1 Å². The van der Waals surface area contributed by atoms with Gasteiger partial charge in [0.2, 0.25) is 5.91 Å². The zero-order valence-electron chi connectivity index (χ0n) is 11.8. The number of amides is 1. The molecule has 3 rings (SSSR count). The Morgan fingerprint density at radius 1 is 0.955 bits per heavy atom. The normalized spacial score (nSPS) is 15.1. The van der Waals surface area contributed by atoms with E-state index in [9.17, 15) is 13.2 Å². The third-order valence-electron chi connectivity index (χ3n) is 3.46. The smallest absolute Gasteiger partial charge is 0.339 e. The van der Waals surface area contributed by atoms with Gasteiger partial charge in [-0.05, 0) is 42.8 Å². The zero-order valence-corrected chi connectivity index (χ0v) is 12.6. The summed E-state index contributed by atoms with van der Waals surface area (Å²) in [6.45, 7) is 0.696. The first kappa shape index (κ1) is 14.6. The van der Waals surface area contributed by atoms with E-state index >= 15 is 0 Å². The third kappa shape index (κ3) is 2.96. The van der Waals surface area contributed by atoms with E-state index in [0.29, 0.717) is 13.0 Å². The van der Waals surface area contributed by atoms with Crippen LogP contribution in [0.3, 0.4) is 0 Å². The van der Waals surface area contributed by atoms with Gasteiger partial charge in [-0.25, -0.2) is 0 Å². The van der Waals surface area contributed by atoms with Crippen LogP contribution in [0.4, 0.5) is 5.69 Å². The Hall–Kier alpha value is -2.34. The molecule has 22 heavy (non-hydrogen) atoms. The van der Waals surface area contributed by atoms with Crippen LogP contribution >= 0.6 is 0 Å². The number of rotatable bonds is 4. The highest BCUT2D eigenvalue weighted by Crippen LogP contribution is 2.25. The molecule has 6 heteroatoms. The topological polar surface area (TPSA) is 63.7 Å². The fraction of sp³-hybridized carbons (Fsp3) is 0.188. The quantitative estimate of drug-likeness (QED) is 0.813. The highest BCUT2D eigenvalue weighted by Gasteiger charge is 2.22. The van der Waals surface area contributed by atoms with Crippen molar-refractivity contribution >= 4 is 21.7 Å². The molecule has 5 nitrogen and oxygen atoms in total. The Balaban J connectivity index is 1.78. The molecule has 0 saturated carbocycles. The highest BCUT2D eigenvalue weighted by atomic mass is 32.2. The molecule has 1 fully saturated rings. The predicted molar refractivity (Wildman–Crippen MR) is 82.3 cm³/mol. The number of anilines is 1. The predicted octanol–water partition coefficient (Wildman–Crippen LogP) is 2.58. The van der Waals surface area contributed by atoms with E-state index in [1.54, 1.807) is 47.4 Å². The van der Waals surface area contributed by atoms with Crippen molar-refractivity contribution in [2.45, 2.75) is 17.7 Å². The summed E-state index contributed by atoms with van der Waals surface area (Å²) in [5.74, 6) is 0.310. The van der Waals surface area contributed by atoms with E-state index in [-0.39, 0.29) is 16.6 Å². The minimum Gasteiger partial charge on any atom is -0.379 e. The summed E-state index contributed by atoms with van der Waals surface area (Å²) in [5, 5.41) is 0. The van der Waals surface area contributed by atoms with Gasteiger partial charge in [-0.1, -0.05) is 18.2 Å². The summed E-state index contributed by atoms with van der Waals surface area (Å²) in [4.78, 5) is 13.5. The molecule has 2 aromatic carbocycles. The molecule has 0 radical (unpaired) electrons. The average Bonchev–Trinajstić information content (AvgIpc) is 2.95. The van der Waals surface area contributed by atoms with Crippen LogP contribution in [0.25, 0.3) is 0 Å². The molecule has 1 heterocycles. The number of hydrogen-bond acceptors (Lipinski definition) is 4. The maximum absolute atomic E-state index is 12.1. The molecule has 2 aromatic rings. The van der Waals surface area contributed by atoms with Gasteiger partial charge in [-0.15, -0.1) is 0 Å². The van der Waals surface area contributed by atoms with Gasteiger partial charge in [0.15, 0.2) is 0 Å². The van der Waals surface area contributed by atoms with Crippen LogP contribution < -0.4 is 9.08 Å². The molecule has 114 valence electrons. The van der Waals surface area contributed by atoms with Crippen LogP contribution in [-0.4, -0.2) is 20.9 Å². The zero-order chi connectivity index (χ0) is 15.6. The van der Waals surface area contributed by atoms with Crippen molar-refractivity contribution in [3.8, 4) is 5.75 Å². The van der Waals surface area contributed by atoms with Crippen molar-refractivity contribution < 1.29 is 17.4 Å². The van der Waals surface area contributed by atoms with Crippen molar-refractivity contribution in [1.29, 1.82) is 0 Å². The first-order valence-corrected chi connectivity index (χ1v) is 8.37. The third-order valence-corrected chi connectivity index (χ3v) is 4.72. The highest BCUT2D eigenvalue weighted by molar-refractivity contribution is 7.87. The number of carbonyl (C=O) groups is 1. The molecular weight excluding hydrogens is 302 g/mol. The molecule has 1 aliphatic heterocycles. The van der Waals surface area contributed by atoms with Gasteiger partial charge in [0.25, 0.3) is 0 Å². The van der Waals surface area contributed by atoms with Crippen LogP contribution in [0.5, 0.6) is 5.75 Å². The fourth-order valence-electron chi connectivity index (χ4n) is 2.36. The summed E-state index contributed by atoms with van der Waals surface area (Å²) >= 11 is 0. The molecule has 1 aliphatic rings. The van der Waals surface area contributed by atoms with Gasteiger partial charge < -0.3 is 9.08 Å². The van der Waals surface area contributed by atoms with E-state index in [2.05, 4.69) is 0 Å². The molecule has 1 saturated heterocycles. The number of nitrogens with zero attached hydrogens (tertiary/aromatic N) is 1. The largest absolute Gasteiger partial charge is 0.379 e. The second-order valence-electron chi connectivity index (χ2n) is 4.99. The van der Waals surface area contributed by atoms with Crippen LogP contribution in [0, 0.1) is 0 Å². The second-order valence-corrected chi connectivity index (χ2v) is 6.54. The van der Waals surface area contributed by atoms with E-state index in [4.69, 9.17) is 4.18 Å². The van der Waals surface area contributed by atoms with E-state index in [1.807, 2.05) is 0 Å². The Kier molecular flexibility index (Phi) is 3.85. The number of carbonyl (C=O) groups excluding carboxylic acids is 1. The lowest BCUT2D eigenvalue weighted by molar-refractivity contribution is -0.117. The standard InChI is InChI=1S/C16H15NO4S/c18-16-7-4-12-17(16)13-8-10-14(11-9-13)21-22(19,20)15-5-2-1-3-6-15/h1-3,5-6,8-11H,4,7,12H2. The lowest BCUT2D eigenvalue weighted by Crippen LogP contribution is -2.23.